The van der Waals surface area contributed by atoms with Gasteiger partial charge in [-0.2, -0.15) is 0 Å². The van der Waals surface area contributed by atoms with Crippen molar-refractivity contribution < 1.29 is 0 Å². The minimum Gasteiger partial charge on any atom is -0.0601 e. The lowest BCUT2D eigenvalue weighted by atomic mass is 9.72. The summed E-state index contributed by atoms with van der Waals surface area (Å²) in [4.78, 5) is 0. The maximum absolute atomic E-state index is 3.29. The Morgan fingerprint density at radius 3 is 2.07 bits per heavy atom. The second-order valence-corrected chi connectivity index (χ2v) is 6.38. The molecule has 1 rings (SSSR count). The van der Waals surface area contributed by atoms with Gasteiger partial charge >= 0.3 is 0 Å². The zero-order valence-electron chi connectivity index (χ0n) is 10.9. The van der Waals surface area contributed by atoms with Crippen molar-refractivity contribution in [1.29, 1.82) is 0 Å². The Balaban J connectivity index is 2.90. The molecule has 0 N–H and O–H groups in total. The molecule has 0 aromatic heterocycles. The summed E-state index contributed by atoms with van der Waals surface area (Å²) in [7, 11) is 0. The van der Waals surface area contributed by atoms with E-state index >= 15 is 0 Å². The van der Waals surface area contributed by atoms with E-state index in [2.05, 4.69) is 65.8 Å². The molecule has 0 heteroatoms. The SMILES string of the molecule is Cc1[c]cc(C(C)(C)CC(C)(C)C)cc1. The molecule has 0 spiro atoms. The molecule has 1 radical (unpaired) electrons. The molecule has 0 aliphatic carbocycles. The first kappa shape index (κ1) is 12.3. The minimum absolute atomic E-state index is 0.239. The van der Waals surface area contributed by atoms with Gasteiger partial charge in [-0.1, -0.05) is 52.8 Å². The average molecular weight is 203 g/mol. The Morgan fingerprint density at radius 2 is 1.67 bits per heavy atom. The standard InChI is InChI=1S/C15H23/c1-12-7-9-13(10-8-12)15(5,6)11-14(2,3)4/h7,9-10H,11H2,1-6H3. The van der Waals surface area contributed by atoms with Crippen molar-refractivity contribution in [2.45, 2.75) is 53.4 Å². The molecule has 0 amide bonds. The molecule has 0 fully saturated rings. The summed E-state index contributed by atoms with van der Waals surface area (Å²) in [5.41, 5.74) is 3.21. The summed E-state index contributed by atoms with van der Waals surface area (Å²) >= 11 is 0. The van der Waals surface area contributed by atoms with Crippen molar-refractivity contribution in [1.82, 2.24) is 0 Å². The van der Waals surface area contributed by atoms with Gasteiger partial charge in [0.15, 0.2) is 0 Å². The molecule has 0 aliphatic rings. The van der Waals surface area contributed by atoms with E-state index in [9.17, 15) is 0 Å². The van der Waals surface area contributed by atoms with Gasteiger partial charge in [-0.05, 0) is 41.4 Å². The van der Waals surface area contributed by atoms with Crippen LogP contribution < -0.4 is 0 Å². The summed E-state index contributed by atoms with van der Waals surface area (Å²) in [6, 6.07) is 9.82. The summed E-state index contributed by atoms with van der Waals surface area (Å²) in [6.07, 6.45) is 1.19. The van der Waals surface area contributed by atoms with Gasteiger partial charge in [0.1, 0.15) is 0 Å². The van der Waals surface area contributed by atoms with Crippen LogP contribution in [0.3, 0.4) is 0 Å². The van der Waals surface area contributed by atoms with Crippen LogP contribution in [0.4, 0.5) is 0 Å². The second kappa shape index (κ2) is 4.00. The molecule has 1 aromatic rings. The number of hydrogen-bond acceptors (Lipinski definition) is 0. The van der Waals surface area contributed by atoms with Gasteiger partial charge in [-0.15, -0.1) is 0 Å². The lowest BCUT2D eigenvalue weighted by molar-refractivity contribution is 0.284. The van der Waals surface area contributed by atoms with Crippen LogP contribution in [-0.2, 0) is 5.41 Å². The van der Waals surface area contributed by atoms with Crippen molar-refractivity contribution >= 4 is 0 Å². The van der Waals surface area contributed by atoms with Crippen molar-refractivity contribution in [2.75, 3.05) is 0 Å². The summed E-state index contributed by atoms with van der Waals surface area (Å²) in [5, 5.41) is 0. The van der Waals surface area contributed by atoms with Crippen LogP contribution in [0.1, 0.15) is 52.2 Å². The van der Waals surface area contributed by atoms with E-state index in [1.807, 2.05) is 0 Å². The van der Waals surface area contributed by atoms with Crippen LogP contribution >= 0.6 is 0 Å². The highest BCUT2D eigenvalue weighted by atomic mass is 14.3. The van der Waals surface area contributed by atoms with Gasteiger partial charge in [-0.3, -0.25) is 0 Å². The van der Waals surface area contributed by atoms with E-state index in [0.717, 1.165) is 0 Å². The largest absolute Gasteiger partial charge is 0.0601 e. The van der Waals surface area contributed by atoms with E-state index in [1.165, 1.54) is 17.5 Å². The second-order valence-electron chi connectivity index (χ2n) is 6.38. The quantitative estimate of drug-likeness (QED) is 0.663. The highest BCUT2D eigenvalue weighted by Crippen LogP contribution is 2.35. The summed E-state index contributed by atoms with van der Waals surface area (Å²) in [6.45, 7) is 13.6. The van der Waals surface area contributed by atoms with Crippen molar-refractivity contribution in [3.05, 3.63) is 35.4 Å². The van der Waals surface area contributed by atoms with Crippen LogP contribution in [0.2, 0.25) is 0 Å². The van der Waals surface area contributed by atoms with Gasteiger partial charge in [0.05, 0.1) is 0 Å². The molecule has 0 atom stereocenters. The van der Waals surface area contributed by atoms with Crippen LogP contribution in [-0.4, -0.2) is 0 Å². The fraction of sp³-hybridized carbons (Fsp3) is 0.600. The number of hydrogen-bond donors (Lipinski definition) is 0. The highest BCUT2D eigenvalue weighted by molar-refractivity contribution is 5.26. The molecular formula is C15H23. The monoisotopic (exact) mass is 203 g/mol. The Morgan fingerprint density at radius 1 is 1.07 bits per heavy atom. The van der Waals surface area contributed by atoms with Gasteiger partial charge < -0.3 is 0 Å². The normalized spacial score (nSPS) is 12.9. The Kier molecular flexibility index (Phi) is 3.28. The van der Waals surface area contributed by atoms with E-state index < -0.39 is 0 Å². The third kappa shape index (κ3) is 3.70. The maximum atomic E-state index is 3.29. The average Bonchev–Trinajstić information content (AvgIpc) is 2.00. The fourth-order valence-corrected chi connectivity index (χ4v) is 2.35. The molecular weight excluding hydrogens is 180 g/mol. The molecule has 0 saturated heterocycles. The van der Waals surface area contributed by atoms with E-state index in [-0.39, 0.29) is 5.41 Å². The number of aryl methyl sites for hydroxylation is 1. The Hall–Kier alpha value is -0.780. The van der Waals surface area contributed by atoms with Crippen molar-refractivity contribution in [2.24, 2.45) is 5.41 Å². The topological polar surface area (TPSA) is 0 Å². The predicted octanol–water partition coefficient (Wildman–Crippen LogP) is 4.51. The first-order chi connectivity index (χ1) is 6.71. The zero-order chi connectivity index (χ0) is 11.7. The lowest BCUT2D eigenvalue weighted by Gasteiger charge is -2.33. The molecule has 83 valence electrons. The molecule has 0 unspecified atom stereocenters. The van der Waals surface area contributed by atoms with Crippen molar-refractivity contribution in [3.8, 4) is 0 Å². The summed E-state index contributed by atoms with van der Waals surface area (Å²) in [5.74, 6) is 0. The molecule has 0 nitrogen and oxygen atoms in total. The number of rotatable bonds is 2. The van der Waals surface area contributed by atoms with Crippen LogP contribution in [0.5, 0.6) is 0 Å². The molecule has 0 saturated carbocycles. The molecule has 0 heterocycles. The molecule has 0 bridgehead atoms. The molecule has 0 aliphatic heterocycles. The zero-order valence-corrected chi connectivity index (χ0v) is 10.9. The van der Waals surface area contributed by atoms with Crippen LogP contribution in [0.15, 0.2) is 18.2 Å². The van der Waals surface area contributed by atoms with Crippen molar-refractivity contribution in [3.63, 3.8) is 0 Å². The lowest BCUT2D eigenvalue weighted by Crippen LogP contribution is -2.24. The summed E-state index contributed by atoms with van der Waals surface area (Å²) < 4.78 is 0. The van der Waals surface area contributed by atoms with E-state index in [0.29, 0.717) is 5.41 Å². The number of benzene rings is 1. The smallest absolute Gasteiger partial charge is 0.00984 e. The first-order valence-electron chi connectivity index (χ1n) is 5.70. The molecule has 15 heavy (non-hydrogen) atoms. The van der Waals surface area contributed by atoms with E-state index in [1.54, 1.807) is 0 Å². The predicted molar refractivity (Wildman–Crippen MR) is 67.1 cm³/mol. The van der Waals surface area contributed by atoms with Gasteiger partial charge in [0.2, 0.25) is 0 Å². The maximum Gasteiger partial charge on any atom is -0.00984 e. The Labute approximate surface area is 94.7 Å². The minimum atomic E-state index is 0.239. The third-order valence-corrected chi connectivity index (χ3v) is 2.72. The molecule has 1 aromatic carbocycles. The van der Waals surface area contributed by atoms with Crippen LogP contribution in [0.25, 0.3) is 0 Å². The third-order valence-electron chi connectivity index (χ3n) is 2.72. The van der Waals surface area contributed by atoms with Gasteiger partial charge in [-0.25, -0.2) is 0 Å². The first-order valence-corrected chi connectivity index (χ1v) is 5.70. The van der Waals surface area contributed by atoms with Gasteiger partial charge in [0, 0.05) is 0 Å². The Bertz CT molecular complexity index is 309. The fourth-order valence-electron chi connectivity index (χ4n) is 2.35. The van der Waals surface area contributed by atoms with Crippen LogP contribution in [0, 0.1) is 18.4 Å². The van der Waals surface area contributed by atoms with E-state index in [4.69, 9.17) is 0 Å². The highest BCUT2D eigenvalue weighted by Gasteiger charge is 2.26. The van der Waals surface area contributed by atoms with Gasteiger partial charge in [0.25, 0.3) is 0 Å².